The fourth-order valence-electron chi connectivity index (χ4n) is 8.61. The third-order valence-electron chi connectivity index (χ3n) is 10.1. The molecule has 42 heavy (non-hydrogen) atoms. The van der Waals surface area contributed by atoms with Crippen molar-refractivity contribution in [1.29, 1.82) is 0 Å². The molecule has 3 aromatic rings. The van der Waals surface area contributed by atoms with Crippen molar-refractivity contribution < 1.29 is 9.53 Å². The van der Waals surface area contributed by atoms with Crippen LogP contribution >= 0.6 is 0 Å². The lowest BCUT2D eigenvalue weighted by atomic mass is 9.49. The highest BCUT2D eigenvalue weighted by Gasteiger charge is 2.50. The zero-order chi connectivity index (χ0) is 28.5. The number of hydrogen-bond donors (Lipinski definition) is 1. The van der Waals surface area contributed by atoms with Crippen LogP contribution in [-0.2, 0) is 6.54 Å². The van der Waals surface area contributed by atoms with E-state index in [2.05, 4.69) is 60.6 Å². The molecule has 220 valence electrons. The lowest BCUT2D eigenvalue weighted by molar-refractivity contribution is -0.0503. The standard InChI is InChI=1S/C34H42N6O2/c1-2-42-29-16-28(20-35-21-29)30-6-4-3-5-27(30)22-39-9-11-40(12-10-39)32-8-7-31(37-38-32)33(41)36-23-34-17-24-13-25(18-34)15-26(14-24)19-34/h3-8,16,20-21,24-26H,2,9-15,17-19,22-23H2,1H3,(H,36,41). The minimum Gasteiger partial charge on any atom is -0.492 e. The zero-order valence-electron chi connectivity index (χ0n) is 24.7. The van der Waals surface area contributed by atoms with Gasteiger partial charge in [-0.1, -0.05) is 24.3 Å². The van der Waals surface area contributed by atoms with Gasteiger partial charge in [0.15, 0.2) is 11.5 Å². The van der Waals surface area contributed by atoms with E-state index in [4.69, 9.17) is 4.74 Å². The first-order valence-electron chi connectivity index (χ1n) is 15.8. The molecule has 5 fully saturated rings. The normalized spacial score (nSPS) is 26.8. The zero-order valence-corrected chi connectivity index (χ0v) is 24.7. The van der Waals surface area contributed by atoms with E-state index in [1.807, 2.05) is 25.3 Å². The Kier molecular flexibility index (Phi) is 7.57. The second-order valence-corrected chi connectivity index (χ2v) is 13.1. The van der Waals surface area contributed by atoms with Crippen molar-refractivity contribution in [2.45, 2.75) is 52.0 Å². The van der Waals surface area contributed by atoms with Crippen molar-refractivity contribution in [3.8, 4) is 16.9 Å². The molecule has 4 saturated carbocycles. The van der Waals surface area contributed by atoms with E-state index in [1.54, 1.807) is 6.20 Å². The van der Waals surface area contributed by atoms with Crippen LogP contribution in [0.15, 0.2) is 54.9 Å². The van der Waals surface area contributed by atoms with E-state index in [0.717, 1.165) is 74.2 Å². The Balaban J connectivity index is 0.926. The van der Waals surface area contributed by atoms with Crippen molar-refractivity contribution in [3.05, 3.63) is 66.1 Å². The van der Waals surface area contributed by atoms with Crippen LogP contribution in [-0.4, -0.2) is 65.3 Å². The number of carbonyl (C=O) groups excluding carboxylic acids is 1. The van der Waals surface area contributed by atoms with E-state index in [1.165, 1.54) is 49.7 Å². The van der Waals surface area contributed by atoms with Crippen molar-refractivity contribution >= 4 is 11.7 Å². The number of piperazine rings is 1. The van der Waals surface area contributed by atoms with Gasteiger partial charge >= 0.3 is 0 Å². The van der Waals surface area contributed by atoms with Gasteiger partial charge in [0.05, 0.1) is 12.8 Å². The Morgan fingerprint density at radius 1 is 0.952 bits per heavy atom. The van der Waals surface area contributed by atoms with Gasteiger partial charge in [-0.3, -0.25) is 14.7 Å². The molecule has 8 nitrogen and oxygen atoms in total. The SMILES string of the molecule is CCOc1cncc(-c2ccccc2CN2CCN(c3ccc(C(=O)NCC45CC6CC(CC(C6)C4)C5)nn3)CC2)c1. The van der Waals surface area contributed by atoms with Crippen molar-refractivity contribution in [3.63, 3.8) is 0 Å². The monoisotopic (exact) mass is 566 g/mol. The number of anilines is 1. The number of carbonyl (C=O) groups is 1. The number of rotatable bonds is 9. The second-order valence-electron chi connectivity index (χ2n) is 13.1. The number of nitrogens with one attached hydrogen (secondary N) is 1. The van der Waals surface area contributed by atoms with Crippen LogP contribution in [0.5, 0.6) is 5.75 Å². The lowest BCUT2D eigenvalue weighted by Crippen LogP contribution is -2.51. The minimum absolute atomic E-state index is 0.0877. The molecule has 0 radical (unpaired) electrons. The summed E-state index contributed by atoms with van der Waals surface area (Å²) in [6.07, 6.45) is 11.8. The lowest BCUT2D eigenvalue weighted by Gasteiger charge is -2.56. The maximum absolute atomic E-state index is 13.0. The van der Waals surface area contributed by atoms with Gasteiger partial charge in [0.25, 0.3) is 5.91 Å². The molecule has 0 spiro atoms. The quantitative estimate of drug-likeness (QED) is 0.381. The van der Waals surface area contributed by atoms with Gasteiger partial charge in [0.2, 0.25) is 0 Å². The number of amides is 1. The molecule has 8 heteroatoms. The predicted molar refractivity (Wildman–Crippen MR) is 163 cm³/mol. The molecule has 2 aromatic heterocycles. The van der Waals surface area contributed by atoms with Gasteiger partial charge in [0, 0.05) is 51.0 Å². The first-order chi connectivity index (χ1) is 20.6. The average molecular weight is 567 g/mol. The van der Waals surface area contributed by atoms with E-state index >= 15 is 0 Å². The molecule has 4 bridgehead atoms. The Bertz CT molecular complexity index is 1370. The Morgan fingerprint density at radius 3 is 2.38 bits per heavy atom. The molecule has 1 N–H and O–H groups in total. The summed E-state index contributed by atoms with van der Waals surface area (Å²) < 4.78 is 5.68. The van der Waals surface area contributed by atoms with Gasteiger partial charge in [0.1, 0.15) is 5.75 Å². The summed E-state index contributed by atoms with van der Waals surface area (Å²) in [5, 5.41) is 12.0. The smallest absolute Gasteiger partial charge is 0.271 e. The molecule has 0 atom stereocenters. The fraction of sp³-hybridized carbons (Fsp3) is 0.529. The van der Waals surface area contributed by atoms with Gasteiger partial charge in [-0.25, -0.2) is 0 Å². The maximum atomic E-state index is 13.0. The number of ether oxygens (including phenoxy) is 1. The van der Waals surface area contributed by atoms with E-state index < -0.39 is 0 Å². The molecule has 8 rings (SSSR count). The van der Waals surface area contributed by atoms with Crippen LogP contribution in [0.2, 0.25) is 0 Å². The van der Waals surface area contributed by atoms with Crippen LogP contribution < -0.4 is 15.0 Å². The van der Waals surface area contributed by atoms with E-state index in [9.17, 15) is 4.79 Å². The van der Waals surface area contributed by atoms with E-state index in [0.29, 0.717) is 17.7 Å². The Hall–Kier alpha value is -3.52. The Morgan fingerprint density at radius 2 is 1.69 bits per heavy atom. The first-order valence-corrected chi connectivity index (χ1v) is 15.8. The molecule has 3 heterocycles. The van der Waals surface area contributed by atoms with Gasteiger partial charge < -0.3 is 15.0 Å². The minimum atomic E-state index is -0.0877. The number of benzene rings is 1. The van der Waals surface area contributed by atoms with Gasteiger partial charge in [-0.15, -0.1) is 10.2 Å². The molecule has 1 amide bonds. The summed E-state index contributed by atoms with van der Waals surface area (Å²) in [5.74, 6) is 4.21. The largest absolute Gasteiger partial charge is 0.492 e. The van der Waals surface area contributed by atoms with Crippen molar-refractivity contribution in [1.82, 2.24) is 25.4 Å². The van der Waals surface area contributed by atoms with Gasteiger partial charge in [-0.2, -0.15) is 0 Å². The number of hydrogen-bond acceptors (Lipinski definition) is 7. The van der Waals surface area contributed by atoms with E-state index in [-0.39, 0.29) is 5.91 Å². The summed E-state index contributed by atoms with van der Waals surface area (Å²) >= 11 is 0. The fourth-order valence-corrected chi connectivity index (χ4v) is 8.61. The highest BCUT2D eigenvalue weighted by molar-refractivity contribution is 5.92. The first kappa shape index (κ1) is 27.3. The number of pyridine rings is 1. The predicted octanol–water partition coefficient (Wildman–Crippen LogP) is 5.21. The topological polar surface area (TPSA) is 83.5 Å². The molecule has 5 aliphatic rings. The van der Waals surface area contributed by atoms with Gasteiger partial charge in [-0.05, 0) is 97.9 Å². The summed E-state index contributed by atoms with van der Waals surface area (Å²) in [6, 6.07) is 14.4. The van der Waals surface area contributed by atoms with Crippen molar-refractivity contribution in [2.75, 3.05) is 44.2 Å². The molecular formula is C34H42N6O2. The molecule has 0 unspecified atom stereocenters. The van der Waals surface area contributed by atoms with Crippen LogP contribution in [0.3, 0.4) is 0 Å². The highest BCUT2D eigenvalue weighted by Crippen LogP contribution is 2.59. The number of aromatic nitrogens is 3. The summed E-state index contributed by atoms with van der Waals surface area (Å²) in [7, 11) is 0. The molecule has 4 aliphatic carbocycles. The third-order valence-corrected chi connectivity index (χ3v) is 10.1. The molecule has 1 aromatic carbocycles. The second kappa shape index (κ2) is 11.6. The summed E-state index contributed by atoms with van der Waals surface area (Å²) in [6.45, 7) is 7.88. The molecule has 1 aliphatic heterocycles. The average Bonchev–Trinajstić information content (AvgIpc) is 3.00. The summed E-state index contributed by atoms with van der Waals surface area (Å²) in [5.41, 5.74) is 4.29. The maximum Gasteiger partial charge on any atom is 0.271 e. The molecular weight excluding hydrogens is 524 g/mol. The van der Waals surface area contributed by atoms with Crippen LogP contribution in [0, 0.1) is 23.2 Å². The van der Waals surface area contributed by atoms with Crippen LogP contribution in [0.1, 0.15) is 61.5 Å². The third kappa shape index (κ3) is 5.74. The van der Waals surface area contributed by atoms with Crippen molar-refractivity contribution in [2.24, 2.45) is 23.2 Å². The Labute approximate surface area is 248 Å². The summed E-state index contributed by atoms with van der Waals surface area (Å²) in [4.78, 5) is 22.1. The molecule has 1 saturated heterocycles. The van der Waals surface area contributed by atoms with Crippen LogP contribution in [0.4, 0.5) is 5.82 Å². The number of nitrogens with zero attached hydrogens (tertiary/aromatic N) is 5. The highest BCUT2D eigenvalue weighted by atomic mass is 16.5. The van der Waals surface area contributed by atoms with Crippen LogP contribution in [0.25, 0.3) is 11.1 Å².